The average molecular weight is 424 g/mol. The van der Waals surface area contributed by atoms with Gasteiger partial charge in [-0.1, -0.05) is 13.0 Å². The summed E-state index contributed by atoms with van der Waals surface area (Å²) in [5, 5.41) is 0. The SMILES string of the molecule is CCc1cc2ncc(CN3CCC(c4ccc(C(=O)OC)nc4F)CC3)cc2[nH]c1=O. The van der Waals surface area contributed by atoms with Crippen molar-refractivity contribution in [3.63, 3.8) is 0 Å². The zero-order chi connectivity index (χ0) is 22.0. The van der Waals surface area contributed by atoms with Crippen molar-refractivity contribution in [3.8, 4) is 0 Å². The number of H-pyrrole nitrogens is 1. The number of fused-ring (bicyclic) bond motifs is 1. The zero-order valence-corrected chi connectivity index (χ0v) is 17.7. The maximum atomic E-state index is 14.4. The van der Waals surface area contributed by atoms with Gasteiger partial charge in [0, 0.05) is 23.9 Å². The lowest BCUT2D eigenvalue weighted by Gasteiger charge is -2.32. The van der Waals surface area contributed by atoms with Gasteiger partial charge in [-0.05, 0) is 62.0 Å². The number of aromatic amines is 1. The smallest absolute Gasteiger partial charge is 0.356 e. The first kappa shape index (κ1) is 21.1. The van der Waals surface area contributed by atoms with Gasteiger partial charge in [-0.25, -0.2) is 9.78 Å². The van der Waals surface area contributed by atoms with E-state index in [0.29, 0.717) is 12.0 Å². The predicted molar refractivity (Wildman–Crippen MR) is 115 cm³/mol. The molecule has 3 aromatic heterocycles. The molecule has 0 radical (unpaired) electrons. The van der Waals surface area contributed by atoms with Crippen LogP contribution in [0.15, 0.2) is 35.3 Å². The third-order valence-corrected chi connectivity index (χ3v) is 5.91. The van der Waals surface area contributed by atoms with Crippen LogP contribution in [0.4, 0.5) is 4.39 Å². The van der Waals surface area contributed by atoms with Gasteiger partial charge >= 0.3 is 5.97 Å². The first-order chi connectivity index (χ1) is 15.0. The largest absolute Gasteiger partial charge is 0.464 e. The molecule has 1 saturated heterocycles. The van der Waals surface area contributed by atoms with E-state index in [9.17, 15) is 14.0 Å². The Balaban J connectivity index is 1.41. The van der Waals surface area contributed by atoms with Crippen LogP contribution in [0.25, 0.3) is 11.0 Å². The Morgan fingerprint density at radius 2 is 2.06 bits per heavy atom. The number of piperidine rings is 1. The van der Waals surface area contributed by atoms with Gasteiger partial charge in [0.2, 0.25) is 5.95 Å². The van der Waals surface area contributed by atoms with Crippen molar-refractivity contribution in [1.29, 1.82) is 0 Å². The molecule has 162 valence electrons. The van der Waals surface area contributed by atoms with Crippen LogP contribution >= 0.6 is 0 Å². The number of ether oxygens (including phenoxy) is 1. The fourth-order valence-electron chi connectivity index (χ4n) is 4.14. The van der Waals surface area contributed by atoms with Crippen molar-refractivity contribution >= 4 is 17.0 Å². The molecule has 1 fully saturated rings. The van der Waals surface area contributed by atoms with Gasteiger partial charge in [-0.2, -0.15) is 4.39 Å². The highest BCUT2D eigenvalue weighted by Crippen LogP contribution is 2.30. The van der Waals surface area contributed by atoms with Gasteiger partial charge in [-0.15, -0.1) is 0 Å². The standard InChI is InChI=1S/C23H25FN4O3/c1-3-15-11-19-20(27-22(15)29)10-14(12-25-19)13-28-8-6-16(7-9-28)17-4-5-18(23(30)31-2)26-21(17)24/h4-5,10-12,16H,3,6-9,13H2,1-2H3,(H,27,29). The first-order valence-electron chi connectivity index (χ1n) is 10.5. The third-order valence-electron chi connectivity index (χ3n) is 5.91. The predicted octanol–water partition coefficient (Wildman–Crippen LogP) is 3.19. The molecule has 0 saturated carbocycles. The number of esters is 1. The fraction of sp³-hybridized carbons (Fsp3) is 0.391. The second-order valence-electron chi connectivity index (χ2n) is 7.87. The minimum Gasteiger partial charge on any atom is -0.464 e. The number of pyridine rings is 3. The monoisotopic (exact) mass is 424 g/mol. The highest BCUT2D eigenvalue weighted by atomic mass is 19.1. The van der Waals surface area contributed by atoms with Crippen LogP contribution in [-0.4, -0.2) is 46.0 Å². The topological polar surface area (TPSA) is 88.2 Å². The van der Waals surface area contributed by atoms with E-state index >= 15 is 0 Å². The molecule has 0 unspecified atom stereocenters. The number of nitrogens with zero attached hydrogens (tertiary/aromatic N) is 3. The molecule has 0 atom stereocenters. The number of hydrogen-bond donors (Lipinski definition) is 1. The van der Waals surface area contributed by atoms with Crippen LogP contribution < -0.4 is 5.56 Å². The van der Waals surface area contributed by atoms with Crippen LogP contribution in [0.2, 0.25) is 0 Å². The van der Waals surface area contributed by atoms with E-state index in [1.54, 1.807) is 6.07 Å². The molecule has 7 nitrogen and oxygen atoms in total. The lowest BCUT2D eigenvalue weighted by atomic mass is 9.90. The number of rotatable bonds is 5. The number of halogens is 1. The molecule has 1 aliphatic heterocycles. The normalized spacial score (nSPS) is 15.3. The summed E-state index contributed by atoms with van der Waals surface area (Å²) in [7, 11) is 1.25. The highest BCUT2D eigenvalue weighted by Gasteiger charge is 2.24. The second-order valence-corrected chi connectivity index (χ2v) is 7.87. The van der Waals surface area contributed by atoms with Gasteiger partial charge in [0.15, 0.2) is 5.69 Å². The number of aromatic nitrogens is 3. The maximum absolute atomic E-state index is 14.4. The molecule has 31 heavy (non-hydrogen) atoms. The molecule has 4 rings (SSSR count). The number of hydrogen-bond acceptors (Lipinski definition) is 6. The third kappa shape index (κ3) is 4.49. The van der Waals surface area contributed by atoms with Crippen molar-refractivity contribution in [3.05, 3.63) is 69.1 Å². The lowest BCUT2D eigenvalue weighted by molar-refractivity contribution is 0.0592. The van der Waals surface area contributed by atoms with Gasteiger partial charge in [-0.3, -0.25) is 14.7 Å². The van der Waals surface area contributed by atoms with E-state index in [-0.39, 0.29) is 17.2 Å². The molecular weight excluding hydrogens is 399 g/mol. The van der Waals surface area contributed by atoms with Crippen LogP contribution in [0.1, 0.15) is 52.9 Å². The van der Waals surface area contributed by atoms with Crippen molar-refractivity contribution in [2.75, 3.05) is 20.2 Å². The molecule has 3 aromatic rings. The van der Waals surface area contributed by atoms with Crippen LogP contribution in [0.5, 0.6) is 0 Å². The summed E-state index contributed by atoms with van der Waals surface area (Å²) in [6.07, 6.45) is 4.12. The minimum atomic E-state index is -0.642. The number of aryl methyl sites for hydroxylation is 1. The average Bonchev–Trinajstić information content (AvgIpc) is 2.78. The van der Waals surface area contributed by atoms with E-state index in [1.165, 1.54) is 13.2 Å². The molecule has 1 N–H and O–H groups in total. The van der Waals surface area contributed by atoms with Gasteiger partial charge in [0.05, 0.1) is 18.1 Å². The Kier molecular flexibility index (Phi) is 6.08. The van der Waals surface area contributed by atoms with Gasteiger partial charge < -0.3 is 9.72 Å². The van der Waals surface area contributed by atoms with Gasteiger partial charge in [0.25, 0.3) is 5.56 Å². The fourth-order valence-corrected chi connectivity index (χ4v) is 4.14. The van der Waals surface area contributed by atoms with Crippen LogP contribution in [0, 0.1) is 5.95 Å². The molecule has 4 heterocycles. The van der Waals surface area contributed by atoms with E-state index in [1.807, 2.05) is 25.3 Å². The Morgan fingerprint density at radius 3 is 2.74 bits per heavy atom. The Hall–Kier alpha value is -3.13. The molecule has 0 amide bonds. The summed E-state index contributed by atoms with van der Waals surface area (Å²) in [6.45, 7) is 4.29. The van der Waals surface area contributed by atoms with Crippen LogP contribution in [0.3, 0.4) is 0 Å². The molecule has 0 bridgehead atoms. The molecule has 0 spiro atoms. The van der Waals surface area contributed by atoms with E-state index < -0.39 is 11.9 Å². The van der Waals surface area contributed by atoms with Crippen molar-refractivity contribution in [2.24, 2.45) is 0 Å². The first-order valence-corrected chi connectivity index (χ1v) is 10.5. The molecule has 0 aromatic carbocycles. The molecule has 8 heteroatoms. The summed E-state index contributed by atoms with van der Waals surface area (Å²) in [5.74, 6) is -1.18. The quantitative estimate of drug-likeness (QED) is 0.500. The summed E-state index contributed by atoms with van der Waals surface area (Å²) in [5.41, 5.74) is 3.75. The summed E-state index contributed by atoms with van der Waals surface area (Å²) in [4.78, 5) is 37.1. The lowest BCUT2D eigenvalue weighted by Crippen LogP contribution is -2.32. The summed E-state index contributed by atoms with van der Waals surface area (Å²) < 4.78 is 19.0. The van der Waals surface area contributed by atoms with Gasteiger partial charge in [0.1, 0.15) is 0 Å². The second kappa shape index (κ2) is 8.93. The number of nitrogens with one attached hydrogen (secondary N) is 1. The number of methoxy groups -OCH3 is 1. The number of likely N-dealkylation sites (tertiary alicyclic amines) is 1. The zero-order valence-electron chi connectivity index (χ0n) is 17.7. The Morgan fingerprint density at radius 1 is 1.29 bits per heavy atom. The van der Waals surface area contributed by atoms with Crippen LogP contribution in [-0.2, 0) is 17.7 Å². The molecule has 0 aliphatic carbocycles. The summed E-state index contributed by atoms with van der Waals surface area (Å²) >= 11 is 0. The maximum Gasteiger partial charge on any atom is 0.356 e. The number of carbonyl (C=O) groups is 1. The highest BCUT2D eigenvalue weighted by molar-refractivity contribution is 5.87. The van der Waals surface area contributed by atoms with E-state index in [2.05, 4.69) is 24.6 Å². The van der Waals surface area contributed by atoms with Crippen molar-refractivity contribution in [2.45, 2.75) is 38.6 Å². The van der Waals surface area contributed by atoms with E-state index in [0.717, 1.165) is 54.6 Å². The molecule has 1 aliphatic rings. The van der Waals surface area contributed by atoms with Crippen molar-refractivity contribution < 1.29 is 13.9 Å². The summed E-state index contributed by atoms with van der Waals surface area (Å²) in [6, 6.07) is 6.98. The minimum absolute atomic E-state index is 0.0194. The van der Waals surface area contributed by atoms with Crippen molar-refractivity contribution in [1.82, 2.24) is 19.9 Å². The Labute approximate surface area is 179 Å². The Bertz CT molecular complexity index is 1170. The molecular formula is C23H25FN4O3. The van der Waals surface area contributed by atoms with E-state index in [4.69, 9.17) is 0 Å². The number of carbonyl (C=O) groups excluding carboxylic acids is 1.